The Hall–Kier alpha value is -1.26. The van der Waals surface area contributed by atoms with Gasteiger partial charge in [0.2, 0.25) is 5.91 Å². The van der Waals surface area contributed by atoms with Gasteiger partial charge in [0.05, 0.1) is 0 Å². The van der Waals surface area contributed by atoms with Gasteiger partial charge in [-0.25, -0.2) is 4.79 Å². The Labute approximate surface area is 96.1 Å². The Balaban J connectivity index is 2.41. The zero-order chi connectivity index (χ0) is 12.3. The highest BCUT2D eigenvalue weighted by Gasteiger charge is 2.29. The maximum absolute atomic E-state index is 11.7. The third kappa shape index (κ3) is 4.08. The summed E-state index contributed by atoms with van der Waals surface area (Å²) < 4.78 is 5.25. The van der Waals surface area contributed by atoms with Crippen molar-refractivity contribution in [3.8, 4) is 0 Å². The second kappa shape index (κ2) is 4.72. The van der Waals surface area contributed by atoms with Gasteiger partial charge in [0, 0.05) is 26.1 Å². The molecule has 1 aliphatic heterocycles. The standard InChI is InChI=1S/C11H20N2O3/c1-8(14)12-9-5-6-13(7-9)10(15)16-11(2,3)4/h9H,5-7H2,1-4H3,(H,12,14)/t9-/m0/s1. The van der Waals surface area contributed by atoms with Crippen LogP contribution in [0.15, 0.2) is 0 Å². The molecular weight excluding hydrogens is 208 g/mol. The van der Waals surface area contributed by atoms with Crippen molar-refractivity contribution in [2.75, 3.05) is 13.1 Å². The molecule has 0 aromatic rings. The molecule has 92 valence electrons. The number of hydrogen-bond acceptors (Lipinski definition) is 3. The van der Waals surface area contributed by atoms with Crippen LogP contribution in [0.1, 0.15) is 34.1 Å². The maximum Gasteiger partial charge on any atom is 0.410 e. The lowest BCUT2D eigenvalue weighted by Crippen LogP contribution is -2.39. The summed E-state index contributed by atoms with van der Waals surface area (Å²) in [5, 5.41) is 2.80. The summed E-state index contributed by atoms with van der Waals surface area (Å²) >= 11 is 0. The molecule has 5 heteroatoms. The quantitative estimate of drug-likeness (QED) is 0.732. The van der Waals surface area contributed by atoms with E-state index in [1.165, 1.54) is 6.92 Å². The van der Waals surface area contributed by atoms with E-state index in [9.17, 15) is 9.59 Å². The van der Waals surface area contributed by atoms with Gasteiger partial charge in [-0.15, -0.1) is 0 Å². The summed E-state index contributed by atoms with van der Waals surface area (Å²) in [6.07, 6.45) is 0.485. The van der Waals surface area contributed by atoms with Crippen LogP contribution in [0.2, 0.25) is 0 Å². The van der Waals surface area contributed by atoms with Gasteiger partial charge in [-0.1, -0.05) is 0 Å². The Morgan fingerprint density at radius 3 is 2.50 bits per heavy atom. The van der Waals surface area contributed by atoms with E-state index in [-0.39, 0.29) is 18.0 Å². The number of amides is 2. The smallest absolute Gasteiger partial charge is 0.410 e. The summed E-state index contributed by atoms with van der Waals surface area (Å²) in [6.45, 7) is 8.18. The van der Waals surface area contributed by atoms with E-state index in [0.29, 0.717) is 13.1 Å². The number of likely N-dealkylation sites (tertiary alicyclic amines) is 1. The van der Waals surface area contributed by atoms with E-state index in [1.807, 2.05) is 20.8 Å². The first-order valence-electron chi connectivity index (χ1n) is 5.53. The van der Waals surface area contributed by atoms with Crippen LogP contribution >= 0.6 is 0 Å². The van der Waals surface area contributed by atoms with Crippen LogP contribution in [-0.2, 0) is 9.53 Å². The number of ether oxygens (including phenoxy) is 1. The first kappa shape index (κ1) is 12.8. The lowest BCUT2D eigenvalue weighted by molar-refractivity contribution is -0.119. The molecule has 1 atom stereocenters. The van der Waals surface area contributed by atoms with Gasteiger partial charge in [-0.05, 0) is 27.2 Å². The van der Waals surface area contributed by atoms with Crippen LogP contribution in [0, 0.1) is 0 Å². The molecule has 16 heavy (non-hydrogen) atoms. The third-order valence-electron chi connectivity index (χ3n) is 2.25. The van der Waals surface area contributed by atoms with Crippen molar-refractivity contribution in [2.24, 2.45) is 0 Å². The molecule has 5 nitrogen and oxygen atoms in total. The van der Waals surface area contributed by atoms with Gasteiger partial charge < -0.3 is 15.0 Å². The molecule has 1 saturated heterocycles. The van der Waals surface area contributed by atoms with Crippen molar-refractivity contribution in [1.82, 2.24) is 10.2 Å². The van der Waals surface area contributed by atoms with Gasteiger partial charge in [0.1, 0.15) is 5.60 Å². The molecule has 0 saturated carbocycles. The molecule has 1 aliphatic rings. The molecule has 0 bridgehead atoms. The average Bonchev–Trinajstić information content (AvgIpc) is 2.48. The summed E-state index contributed by atoms with van der Waals surface area (Å²) in [5.41, 5.74) is -0.469. The SMILES string of the molecule is CC(=O)N[C@H]1CCN(C(=O)OC(C)(C)C)C1. The zero-order valence-corrected chi connectivity index (χ0v) is 10.4. The first-order valence-corrected chi connectivity index (χ1v) is 5.53. The topological polar surface area (TPSA) is 58.6 Å². The van der Waals surface area contributed by atoms with Crippen LogP contribution in [0.4, 0.5) is 4.79 Å². The molecule has 0 aliphatic carbocycles. The van der Waals surface area contributed by atoms with Crippen LogP contribution in [0.3, 0.4) is 0 Å². The predicted octanol–water partition coefficient (Wildman–Crippen LogP) is 1.13. The highest BCUT2D eigenvalue weighted by atomic mass is 16.6. The number of hydrogen-bond donors (Lipinski definition) is 1. The Kier molecular flexibility index (Phi) is 3.78. The lowest BCUT2D eigenvalue weighted by Gasteiger charge is -2.24. The average molecular weight is 228 g/mol. The molecule has 1 rings (SSSR count). The van der Waals surface area contributed by atoms with Crippen molar-refractivity contribution in [2.45, 2.75) is 45.8 Å². The molecule has 0 aromatic heterocycles. The van der Waals surface area contributed by atoms with E-state index < -0.39 is 5.60 Å². The van der Waals surface area contributed by atoms with Crippen molar-refractivity contribution in [3.63, 3.8) is 0 Å². The van der Waals surface area contributed by atoms with Gasteiger partial charge in [0.15, 0.2) is 0 Å². The molecule has 0 radical (unpaired) electrons. The monoisotopic (exact) mass is 228 g/mol. The minimum absolute atomic E-state index is 0.0592. The second-order valence-corrected chi connectivity index (χ2v) is 5.11. The number of carbonyl (C=O) groups excluding carboxylic acids is 2. The highest BCUT2D eigenvalue weighted by Crippen LogP contribution is 2.15. The normalized spacial score (nSPS) is 20.8. The molecule has 0 aromatic carbocycles. The van der Waals surface area contributed by atoms with Crippen LogP contribution < -0.4 is 5.32 Å². The summed E-state index contributed by atoms with van der Waals surface area (Å²) in [7, 11) is 0. The molecular formula is C11H20N2O3. The van der Waals surface area contributed by atoms with E-state index in [0.717, 1.165) is 6.42 Å². The van der Waals surface area contributed by atoms with Crippen molar-refractivity contribution >= 4 is 12.0 Å². The Bertz CT molecular complexity index is 283. The minimum Gasteiger partial charge on any atom is -0.444 e. The van der Waals surface area contributed by atoms with E-state index in [4.69, 9.17) is 4.74 Å². The van der Waals surface area contributed by atoms with Crippen LogP contribution in [0.5, 0.6) is 0 Å². The molecule has 0 unspecified atom stereocenters. The zero-order valence-electron chi connectivity index (χ0n) is 10.4. The van der Waals surface area contributed by atoms with Gasteiger partial charge in [0.25, 0.3) is 0 Å². The molecule has 1 fully saturated rings. The summed E-state index contributed by atoms with van der Waals surface area (Å²) in [5.74, 6) is -0.0592. The fourth-order valence-electron chi connectivity index (χ4n) is 1.66. The van der Waals surface area contributed by atoms with Crippen LogP contribution in [-0.4, -0.2) is 41.6 Å². The lowest BCUT2D eigenvalue weighted by atomic mass is 10.2. The van der Waals surface area contributed by atoms with Gasteiger partial charge >= 0.3 is 6.09 Å². The van der Waals surface area contributed by atoms with Crippen molar-refractivity contribution < 1.29 is 14.3 Å². The highest BCUT2D eigenvalue weighted by molar-refractivity contribution is 5.73. The van der Waals surface area contributed by atoms with Gasteiger partial charge in [-0.2, -0.15) is 0 Å². The Morgan fingerprint density at radius 2 is 2.00 bits per heavy atom. The maximum atomic E-state index is 11.7. The Morgan fingerprint density at radius 1 is 1.38 bits per heavy atom. The summed E-state index contributed by atoms with van der Waals surface area (Å²) in [6, 6.07) is 0.0602. The van der Waals surface area contributed by atoms with Crippen LogP contribution in [0.25, 0.3) is 0 Å². The molecule has 1 N–H and O–H groups in total. The fraction of sp³-hybridized carbons (Fsp3) is 0.818. The number of carbonyl (C=O) groups is 2. The fourth-order valence-corrected chi connectivity index (χ4v) is 1.66. The summed E-state index contributed by atoms with van der Waals surface area (Å²) in [4.78, 5) is 24.2. The van der Waals surface area contributed by atoms with E-state index in [2.05, 4.69) is 5.32 Å². The molecule has 2 amide bonds. The number of nitrogens with one attached hydrogen (secondary N) is 1. The minimum atomic E-state index is -0.469. The largest absolute Gasteiger partial charge is 0.444 e. The predicted molar refractivity (Wildman–Crippen MR) is 60.0 cm³/mol. The second-order valence-electron chi connectivity index (χ2n) is 5.11. The number of nitrogens with zero attached hydrogens (tertiary/aromatic N) is 1. The number of rotatable bonds is 1. The van der Waals surface area contributed by atoms with Gasteiger partial charge in [-0.3, -0.25) is 4.79 Å². The molecule has 0 spiro atoms. The third-order valence-corrected chi connectivity index (χ3v) is 2.25. The van der Waals surface area contributed by atoms with E-state index >= 15 is 0 Å². The first-order chi connectivity index (χ1) is 7.28. The van der Waals surface area contributed by atoms with Crippen molar-refractivity contribution in [1.29, 1.82) is 0 Å². The molecule has 1 heterocycles. The van der Waals surface area contributed by atoms with E-state index in [1.54, 1.807) is 4.90 Å². The van der Waals surface area contributed by atoms with Crippen molar-refractivity contribution in [3.05, 3.63) is 0 Å².